The van der Waals surface area contributed by atoms with Gasteiger partial charge in [0.2, 0.25) is 0 Å². The normalized spacial score (nSPS) is 11.4. The zero-order valence-corrected chi connectivity index (χ0v) is 20.8. The number of nitrogens with zero attached hydrogens (tertiary/aromatic N) is 3. The Morgan fingerprint density at radius 1 is 0.971 bits per heavy atom. The number of carbonyl (C=O) groups is 1. The van der Waals surface area contributed by atoms with E-state index in [1.54, 1.807) is 17.8 Å². The van der Waals surface area contributed by atoms with Crippen LogP contribution in [0, 0.1) is 6.92 Å². The molecule has 0 unspecified atom stereocenters. The molecule has 5 aromatic rings. The average Bonchev–Trinajstić information content (AvgIpc) is 3.18. The molecule has 0 bridgehead atoms. The molecule has 0 spiro atoms. The second-order valence-electron chi connectivity index (χ2n) is 7.69. The van der Waals surface area contributed by atoms with Crippen molar-refractivity contribution in [3.63, 3.8) is 0 Å². The second kappa shape index (κ2) is 9.79. The van der Waals surface area contributed by atoms with Crippen molar-refractivity contribution in [2.45, 2.75) is 16.8 Å². The van der Waals surface area contributed by atoms with Crippen LogP contribution < -0.4 is 0 Å². The maximum Gasteiger partial charge on any atom is 0.185 e. The van der Waals surface area contributed by atoms with Crippen LogP contribution in [0.4, 0.5) is 0 Å². The first-order valence-electron chi connectivity index (χ1n) is 10.7. The van der Waals surface area contributed by atoms with Crippen LogP contribution in [0.25, 0.3) is 22.7 Å². The summed E-state index contributed by atoms with van der Waals surface area (Å²) in [5, 5.41) is 6.84. The number of pyridine rings is 1. The summed E-state index contributed by atoms with van der Waals surface area (Å²) >= 11 is 5.04. The molecule has 0 saturated heterocycles. The molecule has 2 heterocycles. The smallest absolute Gasteiger partial charge is 0.185 e. The van der Waals surface area contributed by atoms with Gasteiger partial charge >= 0.3 is 0 Å². The number of allylic oxidation sites excluding steroid dienone is 1. The predicted octanol–water partition coefficient (Wildman–Crippen LogP) is 7.54. The number of aromatic nitrogens is 3. The summed E-state index contributed by atoms with van der Waals surface area (Å²) in [5.74, 6) is -0.0593. The van der Waals surface area contributed by atoms with E-state index >= 15 is 0 Å². The second-order valence-corrected chi connectivity index (χ2v) is 9.64. The molecular formula is C28H20BrN3OS. The third-order valence-corrected chi connectivity index (χ3v) is 7.00. The van der Waals surface area contributed by atoms with Gasteiger partial charge in [0.1, 0.15) is 5.03 Å². The van der Waals surface area contributed by atoms with Crippen molar-refractivity contribution in [1.82, 2.24) is 14.8 Å². The Morgan fingerprint density at radius 3 is 2.59 bits per heavy atom. The molecule has 0 N–H and O–H groups in total. The molecule has 2 aromatic heterocycles. The Morgan fingerprint density at radius 2 is 1.76 bits per heavy atom. The van der Waals surface area contributed by atoms with Gasteiger partial charge in [-0.05, 0) is 55.5 Å². The van der Waals surface area contributed by atoms with Gasteiger partial charge in [-0.2, -0.15) is 5.10 Å². The van der Waals surface area contributed by atoms with Gasteiger partial charge in [-0.1, -0.05) is 76.2 Å². The van der Waals surface area contributed by atoms with E-state index in [1.165, 1.54) is 0 Å². The van der Waals surface area contributed by atoms with Gasteiger partial charge in [-0.15, -0.1) is 0 Å². The lowest BCUT2D eigenvalue weighted by Crippen LogP contribution is -1.98. The molecule has 166 valence electrons. The largest absolute Gasteiger partial charge is 0.289 e. The van der Waals surface area contributed by atoms with Crippen molar-refractivity contribution in [3.8, 4) is 5.69 Å². The van der Waals surface area contributed by atoms with E-state index in [0.29, 0.717) is 5.56 Å². The number of ketones is 1. The van der Waals surface area contributed by atoms with Gasteiger partial charge in [0.25, 0.3) is 0 Å². The molecule has 0 saturated carbocycles. The van der Waals surface area contributed by atoms with Crippen molar-refractivity contribution in [1.29, 1.82) is 0 Å². The highest BCUT2D eigenvalue weighted by molar-refractivity contribution is 9.10. The molecule has 0 atom stereocenters. The van der Waals surface area contributed by atoms with Gasteiger partial charge in [0.15, 0.2) is 5.78 Å². The topological polar surface area (TPSA) is 47.8 Å². The maximum atomic E-state index is 12.9. The minimum absolute atomic E-state index is 0.0593. The first-order valence-corrected chi connectivity index (χ1v) is 12.4. The first-order chi connectivity index (χ1) is 16.6. The van der Waals surface area contributed by atoms with Crippen LogP contribution >= 0.6 is 27.7 Å². The predicted molar refractivity (Wildman–Crippen MR) is 142 cm³/mol. The average molecular weight is 526 g/mol. The number of aryl methyl sites for hydroxylation is 1. The highest BCUT2D eigenvalue weighted by Crippen LogP contribution is 2.37. The molecule has 4 nitrogen and oxygen atoms in total. The minimum Gasteiger partial charge on any atom is -0.289 e. The van der Waals surface area contributed by atoms with Crippen molar-refractivity contribution >= 4 is 50.5 Å². The van der Waals surface area contributed by atoms with Crippen LogP contribution in [0.15, 0.2) is 112 Å². The van der Waals surface area contributed by atoms with Gasteiger partial charge in [-0.25, -0.2) is 4.68 Å². The standard InChI is InChI=1S/C28H20BrN3OS/c1-19-24(15-16-25(33)21-9-5-11-22(29)18-21)28(32(31-19)23-12-3-2-4-13-23)34-26-14-6-8-20-10-7-17-30-27(20)26/h2-18H,1H3/b16-15+. The van der Waals surface area contributed by atoms with E-state index in [1.807, 2.05) is 90.6 Å². The third kappa shape index (κ3) is 4.60. The molecule has 0 amide bonds. The summed E-state index contributed by atoms with van der Waals surface area (Å²) < 4.78 is 2.81. The Balaban J connectivity index is 1.60. The number of benzene rings is 3. The number of rotatable bonds is 6. The Labute approximate surface area is 210 Å². The Hall–Kier alpha value is -3.48. The van der Waals surface area contributed by atoms with Crippen molar-refractivity contribution in [3.05, 3.63) is 118 Å². The summed E-state index contributed by atoms with van der Waals surface area (Å²) in [5.41, 5.74) is 4.28. The first kappa shape index (κ1) is 22.3. The third-order valence-electron chi connectivity index (χ3n) is 5.38. The summed E-state index contributed by atoms with van der Waals surface area (Å²) in [6, 6.07) is 27.6. The quantitative estimate of drug-likeness (QED) is 0.169. The summed E-state index contributed by atoms with van der Waals surface area (Å²) in [4.78, 5) is 18.5. The summed E-state index contributed by atoms with van der Waals surface area (Å²) in [6.07, 6.45) is 5.29. The lowest BCUT2D eigenvalue weighted by atomic mass is 10.1. The highest BCUT2D eigenvalue weighted by atomic mass is 79.9. The Kier molecular flexibility index (Phi) is 6.43. The van der Waals surface area contributed by atoms with E-state index < -0.39 is 0 Å². The van der Waals surface area contributed by atoms with Gasteiger partial charge < -0.3 is 0 Å². The van der Waals surface area contributed by atoms with E-state index in [4.69, 9.17) is 5.10 Å². The Bertz CT molecular complexity index is 1520. The van der Waals surface area contributed by atoms with Crippen molar-refractivity contribution in [2.24, 2.45) is 0 Å². The molecule has 0 aliphatic carbocycles. The van der Waals surface area contributed by atoms with Crippen LogP contribution in [0.3, 0.4) is 0 Å². The van der Waals surface area contributed by atoms with E-state index in [-0.39, 0.29) is 5.78 Å². The van der Waals surface area contributed by atoms with Crippen LogP contribution in [-0.2, 0) is 0 Å². The maximum absolute atomic E-state index is 12.9. The summed E-state index contributed by atoms with van der Waals surface area (Å²) in [6.45, 7) is 1.97. The molecule has 0 aliphatic rings. The number of fused-ring (bicyclic) bond motifs is 1. The zero-order valence-electron chi connectivity index (χ0n) is 18.4. The molecule has 6 heteroatoms. The zero-order chi connectivity index (χ0) is 23.5. The summed E-state index contributed by atoms with van der Waals surface area (Å²) in [7, 11) is 0. The fraction of sp³-hybridized carbons (Fsp3) is 0.0357. The van der Waals surface area contributed by atoms with Crippen LogP contribution in [0.2, 0.25) is 0 Å². The lowest BCUT2D eigenvalue weighted by molar-refractivity contribution is 0.104. The fourth-order valence-corrected chi connectivity index (χ4v) is 5.29. The van der Waals surface area contributed by atoms with E-state index in [9.17, 15) is 4.79 Å². The molecule has 5 rings (SSSR count). The molecule has 3 aromatic carbocycles. The monoisotopic (exact) mass is 525 g/mol. The van der Waals surface area contributed by atoms with Crippen molar-refractivity contribution < 1.29 is 4.79 Å². The van der Waals surface area contributed by atoms with E-state index in [2.05, 4.69) is 39.1 Å². The highest BCUT2D eigenvalue weighted by Gasteiger charge is 2.18. The molecular weight excluding hydrogens is 506 g/mol. The molecule has 0 radical (unpaired) electrons. The number of carbonyl (C=O) groups excluding carboxylic acids is 1. The molecule has 0 aliphatic heterocycles. The molecule has 0 fully saturated rings. The van der Waals surface area contributed by atoms with E-state index in [0.717, 1.165) is 42.2 Å². The van der Waals surface area contributed by atoms with Gasteiger partial charge in [-0.3, -0.25) is 9.78 Å². The van der Waals surface area contributed by atoms with Gasteiger partial charge in [0, 0.05) is 32.1 Å². The number of para-hydroxylation sites is 2. The number of hydrogen-bond donors (Lipinski definition) is 0. The lowest BCUT2D eigenvalue weighted by Gasteiger charge is -2.10. The molecule has 34 heavy (non-hydrogen) atoms. The minimum atomic E-state index is -0.0593. The SMILES string of the molecule is Cc1nn(-c2ccccc2)c(Sc2cccc3cccnc23)c1/C=C/C(=O)c1cccc(Br)c1. The van der Waals surface area contributed by atoms with Crippen molar-refractivity contribution in [2.75, 3.05) is 0 Å². The van der Waals surface area contributed by atoms with Crippen LogP contribution in [0.1, 0.15) is 21.6 Å². The fourth-order valence-electron chi connectivity index (χ4n) is 3.71. The van der Waals surface area contributed by atoms with Crippen LogP contribution in [-0.4, -0.2) is 20.5 Å². The van der Waals surface area contributed by atoms with Crippen LogP contribution in [0.5, 0.6) is 0 Å². The van der Waals surface area contributed by atoms with Gasteiger partial charge in [0.05, 0.1) is 16.9 Å². The number of halogens is 1. The number of hydrogen-bond acceptors (Lipinski definition) is 4.